The van der Waals surface area contributed by atoms with Gasteiger partial charge < -0.3 is 16.0 Å². The number of hydrogen-bond acceptors (Lipinski definition) is 8. The molecule has 1 aliphatic heterocycles. The van der Waals surface area contributed by atoms with Crippen molar-refractivity contribution in [2.75, 3.05) is 37.2 Å². The van der Waals surface area contributed by atoms with Crippen LogP contribution in [0.5, 0.6) is 0 Å². The molecule has 3 N–H and O–H groups in total. The lowest BCUT2D eigenvalue weighted by Gasteiger charge is -2.40. The van der Waals surface area contributed by atoms with Crippen LogP contribution in [0.15, 0.2) is 84.9 Å². The van der Waals surface area contributed by atoms with E-state index >= 15 is 0 Å². The Morgan fingerprint density at radius 1 is 0.868 bits per heavy atom. The summed E-state index contributed by atoms with van der Waals surface area (Å²) in [6, 6.07) is 29.7. The molecule has 7 nitrogen and oxygen atoms in total. The normalized spacial score (nSPS) is 14.0. The summed E-state index contributed by atoms with van der Waals surface area (Å²) < 4.78 is 0.854. The maximum atomic E-state index is 5.97. The summed E-state index contributed by atoms with van der Waals surface area (Å²) in [4.78, 5) is 17.9. The molecule has 0 radical (unpaired) electrons. The molecule has 3 aromatic carbocycles. The van der Waals surface area contributed by atoms with E-state index in [1.165, 1.54) is 16.7 Å². The fraction of sp³-hybridized carbons (Fsp3) is 0.241. The molecular formula is C29H31N7S2. The number of hydrogen-bond donors (Lipinski definition) is 2. The van der Waals surface area contributed by atoms with Crippen LogP contribution in [0.4, 0.5) is 17.6 Å². The number of nitrogens with two attached hydrogens (primary N) is 1. The number of aromatic nitrogens is 3. The molecule has 5 rings (SSSR count). The van der Waals surface area contributed by atoms with Crippen LogP contribution in [0.25, 0.3) is 0 Å². The minimum absolute atomic E-state index is 0.192. The van der Waals surface area contributed by atoms with Crippen LogP contribution in [0.1, 0.15) is 28.6 Å². The van der Waals surface area contributed by atoms with Crippen molar-refractivity contribution in [1.29, 1.82) is 0 Å². The smallest absolute Gasteiger partial charge is 0.232 e. The van der Waals surface area contributed by atoms with Gasteiger partial charge in [-0.25, -0.2) is 0 Å². The number of thiocarbonyl (C=S) groups is 1. The maximum Gasteiger partial charge on any atom is 0.232 e. The molecule has 0 amide bonds. The lowest BCUT2D eigenvalue weighted by atomic mass is 9.96. The van der Waals surface area contributed by atoms with Crippen LogP contribution in [0, 0.1) is 6.92 Å². The monoisotopic (exact) mass is 541 g/mol. The van der Waals surface area contributed by atoms with Gasteiger partial charge in [-0.1, -0.05) is 102 Å². The molecule has 1 fully saturated rings. The van der Waals surface area contributed by atoms with E-state index < -0.39 is 0 Å². The third-order valence-corrected chi connectivity index (χ3v) is 8.02. The number of nitrogen functional groups attached to an aromatic ring is 1. The third kappa shape index (κ3) is 6.66. The van der Waals surface area contributed by atoms with Crippen LogP contribution in [0.2, 0.25) is 0 Å². The topological polar surface area (TPSA) is 83.2 Å². The van der Waals surface area contributed by atoms with Gasteiger partial charge in [-0.3, -0.25) is 4.90 Å². The van der Waals surface area contributed by atoms with Crippen molar-refractivity contribution < 1.29 is 0 Å². The molecule has 0 spiro atoms. The molecule has 1 aromatic heterocycles. The van der Waals surface area contributed by atoms with Crippen LogP contribution in [-0.2, 0) is 5.75 Å². The van der Waals surface area contributed by atoms with E-state index in [-0.39, 0.29) is 12.0 Å². The van der Waals surface area contributed by atoms with Gasteiger partial charge in [-0.05, 0) is 30.2 Å². The average Bonchev–Trinajstić information content (AvgIpc) is 2.94. The Hall–Kier alpha value is -3.53. The quantitative estimate of drug-likeness (QED) is 0.298. The second-order valence-electron chi connectivity index (χ2n) is 9.23. The van der Waals surface area contributed by atoms with Crippen molar-refractivity contribution in [2.45, 2.75) is 18.7 Å². The highest BCUT2D eigenvalue weighted by molar-refractivity contribution is 8.22. The first-order valence-corrected chi connectivity index (χ1v) is 14.0. The summed E-state index contributed by atoms with van der Waals surface area (Å²) in [6.45, 7) is 5.66. The minimum atomic E-state index is 0.192. The van der Waals surface area contributed by atoms with Gasteiger partial charge in [0.05, 0.1) is 11.8 Å². The SMILES string of the molecule is Cc1ccc(Nc2nc(N)nc(CSC(=S)N3CCN(C(c4ccccc4)c4ccccc4)CC3)n2)cc1. The molecule has 194 valence electrons. The summed E-state index contributed by atoms with van der Waals surface area (Å²) in [5.41, 5.74) is 10.7. The summed E-state index contributed by atoms with van der Waals surface area (Å²) >= 11 is 7.37. The number of nitrogens with one attached hydrogen (secondary N) is 1. The maximum absolute atomic E-state index is 5.97. The fourth-order valence-electron chi connectivity index (χ4n) is 4.59. The van der Waals surface area contributed by atoms with Gasteiger partial charge in [0.2, 0.25) is 11.9 Å². The van der Waals surface area contributed by atoms with Crippen LogP contribution in [-0.4, -0.2) is 55.3 Å². The highest BCUT2D eigenvalue weighted by Gasteiger charge is 2.27. The number of aryl methyl sites for hydroxylation is 1. The first-order chi connectivity index (χ1) is 18.5. The molecule has 2 heterocycles. The van der Waals surface area contributed by atoms with E-state index in [1.807, 2.05) is 31.2 Å². The van der Waals surface area contributed by atoms with E-state index in [2.05, 4.69) is 90.7 Å². The molecule has 38 heavy (non-hydrogen) atoms. The molecule has 0 aliphatic carbocycles. The number of nitrogens with zero attached hydrogens (tertiary/aromatic N) is 5. The predicted molar refractivity (Wildman–Crippen MR) is 160 cm³/mol. The van der Waals surface area contributed by atoms with Gasteiger partial charge >= 0.3 is 0 Å². The Morgan fingerprint density at radius 3 is 2.08 bits per heavy atom. The largest absolute Gasteiger partial charge is 0.368 e. The summed E-state index contributed by atoms with van der Waals surface area (Å²) in [5, 5.41) is 3.21. The van der Waals surface area contributed by atoms with Crippen LogP contribution >= 0.6 is 24.0 Å². The molecule has 4 aromatic rings. The lowest BCUT2D eigenvalue weighted by Crippen LogP contribution is -2.48. The van der Waals surface area contributed by atoms with Crippen molar-refractivity contribution in [2.24, 2.45) is 0 Å². The molecule has 0 saturated carbocycles. The molecule has 0 bridgehead atoms. The van der Waals surface area contributed by atoms with Gasteiger partial charge in [0, 0.05) is 31.9 Å². The van der Waals surface area contributed by atoms with Gasteiger partial charge in [0.1, 0.15) is 10.1 Å². The van der Waals surface area contributed by atoms with E-state index in [0.717, 1.165) is 36.2 Å². The third-order valence-electron chi connectivity index (χ3n) is 6.50. The Balaban J connectivity index is 1.19. The average molecular weight is 542 g/mol. The van der Waals surface area contributed by atoms with Crippen molar-refractivity contribution >= 4 is 45.9 Å². The number of anilines is 3. The summed E-state index contributed by atoms with van der Waals surface area (Å²) in [5.74, 6) is 1.76. The van der Waals surface area contributed by atoms with Crippen molar-refractivity contribution in [3.8, 4) is 0 Å². The number of piperazine rings is 1. The van der Waals surface area contributed by atoms with E-state index in [4.69, 9.17) is 18.0 Å². The predicted octanol–water partition coefficient (Wildman–Crippen LogP) is 5.43. The van der Waals surface area contributed by atoms with Gasteiger partial charge in [0.15, 0.2) is 0 Å². The first kappa shape index (κ1) is 26.1. The van der Waals surface area contributed by atoms with Gasteiger partial charge in [-0.15, -0.1) is 0 Å². The van der Waals surface area contributed by atoms with Crippen LogP contribution < -0.4 is 11.1 Å². The lowest BCUT2D eigenvalue weighted by molar-refractivity contribution is 0.153. The number of benzene rings is 3. The molecular weight excluding hydrogens is 511 g/mol. The van der Waals surface area contributed by atoms with Crippen molar-refractivity contribution in [3.63, 3.8) is 0 Å². The standard InChI is InChI=1S/C29H31N7S2/c1-21-12-14-24(15-13-21)31-28-33-25(32-27(30)34-28)20-38-29(37)36-18-16-35(17-19-36)26(22-8-4-2-5-9-22)23-10-6-3-7-11-23/h2-15,26H,16-20H2,1H3,(H3,30,31,32,33,34). The van der Waals surface area contributed by atoms with Crippen molar-refractivity contribution in [3.05, 3.63) is 107 Å². The number of thioether (sulfide) groups is 1. The zero-order valence-electron chi connectivity index (χ0n) is 21.3. The molecule has 0 unspecified atom stereocenters. The van der Waals surface area contributed by atoms with Gasteiger partial charge in [0.25, 0.3) is 0 Å². The Labute approximate surface area is 233 Å². The molecule has 1 saturated heterocycles. The first-order valence-electron chi connectivity index (χ1n) is 12.6. The minimum Gasteiger partial charge on any atom is -0.368 e. The summed E-state index contributed by atoms with van der Waals surface area (Å²) in [7, 11) is 0. The van der Waals surface area contributed by atoms with E-state index in [0.29, 0.717) is 17.5 Å². The van der Waals surface area contributed by atoms with Gasteiger partial charge in [-0.2, -0.15) is 15.0 Å². The second kappa shape index (κ2) is 12.3. The summed E-state index contributed by atoms with van der Waals surface area (Å²) in [6.07, 6.45) is 0. The van der Waals surface area contributed by atoms with E-state index in [1.54, 1.807) is 11.8 Å². The molecule has 1 aliphatic rings. The zero-order valence-corrected chi connectivity index (χ0v) is 23.0. The zero-order chi connectivity index (χ0) is 26.3. The molecule has 9 heteroatoms. The van der Waals surface area contributed by atoms with E-state index in [9.17, 15) is 0 Å². The Morgan fingerprint density at radius 2 is 1.47 bits per heavy atom. The van der Waals surface area contributed by atoms with Crippen molar-refractivity contribution in [1.82, 2.24) is 24.8 Å². The molecule has 0 atom stereocenters. The fourth-order valence-corrected chi connectivity index (χ4v) is 5.70. The Kier molecular flexibility index (Phi) is 8.47. The van der Waals surface area contributed by atoms with Crippen LogP contribution in [0.3, 0.4) is 0 Å². The second-order valence-corrected chi connectivity index (χ2v) is 10.8. The highest BCUT2D eigenvalue weighted by Crippen LogP contribution is 2.30. The number of rotatable bonds is 7. The Bertz CT molecular complexity index is 1300. The highest BCUT2D eigenvalue weighted by atomic mass is 32.2.